The van der Waals surface area contributed by atoms with E-state index in [0.29, 0.717) is 17.8 Å². The summed E-state index contributed by atoms with van der Waals surface area (Å²) in [6.45, 7) is 0.591. The fraction of sp³-hybridized carbons (Fsp3) is 0.125. The van der Waals surface area contributed by atoms with Gasteiger partial charge in [0.15, 0.2) is 0 Å². The first-order valence-corrected chi connectivity index (χ1v) is 6.61. The first-order valence-electron chi connectivity index (χ1n) is 6.61. The van der Waals surface area contributed by atoms with Gasteiger partial charge in [0.05, 0.1) is 30.1 Å². The van der Waals surface area contributed by atoms with E-state index >= 15 is 0 Å². The van der Waals surface area contributed by atoms with Crippen LogP contribution in [0.15, 0.2) is 48.9 Å². The van der Waals surface area contributed by atoms with Gasteiger partial charge in [-0.25, -0.2) is 4.79 Å². The number of aromatic amines is 1. The number of rotatable bonds is 4. The maximum absolute atomic E-state index is 11.7. The summed E-state index contributed by atoms with van der Waals surface area (Å²) in [5, 5.41) is 4.40. The lowest BCUT2D eigenvalue weighted by molar-refractivity contribution is 0.0601. The molecule has 1 aromatic carbocycles. The predicted octanol–water partition coefficient (Wildman–Crippen LogP) is 2.96. The van der Waals surface area contributed by atoms with Crippen LogP contribution in [0, 0.1) is 0 Å². The van der Waals surface area contributed by atoms with Crippen LogP contribution in [0.4, 0.5) is 5.69 Å². The minimum absolute atomic E-state index is 0.377. The molecule has 3 aromatic rings. The van der Waals surface area contributed by atoms with Gasteiger partial charge in [-0.05, 0) is 23.1 Å². The monoisotopic (exact) mass is 281 g/mol. The van der Waals surface area contributed by atoms with Crippen molar-refractivity contribution in [3.05, 3.63) is 60.0 Å². The zero-order valence-corrected chi connectivity index (χ0v) is 11.6. The standard InChI is InChI=1S/C16H15N3O2/c1-21-16(20)13-6-7-17-10-14(13)19-9-12-4-2-3-11-5-8-18-15(11)12/h2-8,10,18-19H,9H2,1H3. The zero-order chi connectivity index (χ0) is 14.7. The number of nitrogens with zero attached hydrogens (tertiary/aromatic N) is 1. The number of anilines is 1. The summed E-state index contributed by atoms with van der Waals surface area (Å²) in [4.78, 5) is 19.0. The van der Waals surface area contributed by atoms with Crippen LogP contribution < -0.4 is 5.32 Å². The largest absolute Gasteiger partial charge is 0.465 e. The minimum Gasteiger partial charge on any atom is -0.465 e. The third-order valence-corrected chi connectivity index (χ3v) is 3.37. The second kappa shape index (κ2) is 5.66. The number of pyridine rings is 1. The van der Waals surface area contributed by atoms with Crippen molar-refractivity contribution in [1.29, 1.82) is 0 Å². The molecule has 0 atom stereocenters. The molecule has 2 aromatic heterocycles. The number of hydrogen-bond donors (Lipinski definition) is 2. The number of ether oxygens (including phenoxy) is 1. The minimum atomic E-state index is -0.377. The Morgan fingerprint density at radius 1 is 1.33 bits per heavy atom. The lowest BCUT2D eigenvalue weighted by Crippen LogP contribution is -2.08. The Labute approximate surface area is 122 Å². The molecular weight excluding hydrogens is 266 g/mol. The van der Waals surface area contributed by atoms with Crippen LogP contribution >= 0.6 is 0 Å². The molecule has 5 nitrogen and oxygen atoms in total. The van der Waals surface area contributed by atoms with Crippen molar-refractivity contribution in [2.45, 2.75) is 6.54 Å². The molecule has 0 fully saturated rings. The highest BCUT2D eigenvalue weighted by molar-refractivity contribution is 5.95. The van der Waals surface area contributed by atoms with Gasteiger partial charge >= 0.3 is 5.97 Å². The van der Waals surface area contributed by atoms with Crippen LogP contribution in [0.3, 0.4) is 0 Å². The van der Waals surface area contributed by atoms with E-state index in [-0.39, 0.29) is 5.97 Å². The molecule has 2 heterocycles. The summed E-state index contributed by atoms with van der Waals surface area (Å²) in [7, 11) is 1.37. The summed E-state index contributed by atoms with van der Waals surface area (Å²) in [5.41, 5.74) is 3.35. The first kappa shape index (κ1) is 13.2. The summed E-state index contributed by atoms with van der Waals surface area (Å²) in [6, 6.07) is 9.78. The number of esters is 1. The number of hydrogen-bond acceptors (Lipinski definition) is 4. The van der Waals surface area contributed by atoms with Crippen LogP contribution in [-0.2, 0) is 11.3 Å². The van der Waals surface area contributed by atoms with Crippen LogP contribution in [-0.4, -0.2) is 23.0 Å². The van der Waals surface area contributed by atoms with E-state index < -0.39 is 0 Å². The van der Waals surface area contributed by atoms with Crippen molar-refractivity contribution in [2.75, 3.05) is 12.4 Å². The molecule has 0 amide bonds. The van der Waals surface area contributed by atoms with Gasteiger partial charge in [0, 0.05) is 18.9 Å². The van der Waals surface area contributed by atoms with E-state index in [1.807, 2.05) is 24.4 Å². The number of nitrogens with one attached hydrogen (secondary N) is 2. The quantitative estimate of drug-likeness (QED) is 0.721. The van der Waals surface area contributed by atoms with Crippen molar-refractivity contribution < 1.29 is 9.53 Å². The van der Waals surface area contributed by atoms with Gasteiger partial charge < -0.3 is 15.0 Å². The summed E-state index contributed by atoms with van der Waals surface area (Å²) in [6.07, 6.45) is 5.11. The smallest absolute Gasteiger partial charge is 0.340 e. The fourth-order valence-corrected chi connectivity index (χ4v) is 2.31. The molecular formula is C16H15N3O2. The first-order chi connectivity index (χ1) is 10.3. The highest BCUT2D eigenvalue weighted by Crippen LogP contribution is 2.20. The maximum atomic E-state index is 11.7. The normalized spacial score (nSPS) is 10.5. The van der Waals surface area contributed by atoms with E-state index in [9.17, 15) is 4.79 Å². The van der Waals surface area contributed by atoms with Crippen LogP contribution in [0.5, 0.6) is 0 Å². The molecule has 0 aliphatic heterocycles. The summed E-state index contributed by atoms with van der Waals surface area (Å²) in [5.74, 6) is -0.377. The number of carbonyl (C=O) groups is 1. The van der Waals surface area contributed by atoms with E-state index in [2.05, 4.69) is 21.4 Å². The lowest BCUT2D eigenvalue weighted by atomic mass is 10.1. The molecule has 0 saturated heterocycles. The van der Waals surface area contributed by atoms with Crippen LogP contribution in [0.2, 0.25) is 0 Å². The highest BCUT2D eigenvalue weighted by Gasteiger charge is 2.11. The predicted molar refractivity (Wildman–Crippen MR) is 81.2 cm³/mol. The number of H-pyrrole nitrogens is 1. The number of methoxy groups -OCH3 is 1. The number of aromatic nitrogens is 2. The average molecular weight is 281 g/mol. The Bertz CT molecular complexity index is 780. The Morgan fingerprint density at radius 3 is 3.10 bits per heavy atom. The Kier molecular flexibility index (Phi) is 3.55. The number of para-hydroxylation sites is 1. The second-order valence-electron chi connectivity index (χ2n) is 4.63. The van der Waals surface area contributed by atoms with Crippen molar-refractivity contribution in [3.8, 4) is 0 Å². The summed E-state index contributed by atoms with van der Waals surface area (Å²) < 4.78 is 4.77. The van der Waals surface area contributed by atoms with E-state index in [0.717, 1.165) is 16.5 Å². The van der Waals surface area contributed by atoms with Crippen molar-refractivity contribution in [3.63, 3.8) is 0 Å². The third-order valence-electron chi connectivity index (χ3n) is 3.37. The van der Waals surface area contributed by atoms with Crippen LogP contribution in [0.25, 0.3) is 10.9 Å². The average Bonchev–Trinajstić information content (AvgIpc) is 3.01. The molecule has 0 radical (unpaired) electrons. The van der Waals surface area contributed by atoms with Crippen molar-refractivity contribution in [2.24, 2.45) is 0 Å². The summed E-state index contributed by atoms with van der Waals surface area (Å²) >= 11 is 0. The molecule has 0 aliphatic rings. The highest BCUT2D eigenvalue weighted by atomic mass is 16.5. The van der Waals surface area contributed by atoms with Gasteiger partial charge in [-0.2, -0.15) is 0 Å². The number of carbonyl (C=O) groups excluding carboxylic acids is 1. The zero-order valence-electron chi connectivity index (χ0n) is 11.6. The number of fused-ring (bicyclic) bond motifs is 1. The fourth-order valence-electron chi connectivity index (χ4n) is 2.31. The molecule has 2 N–H and O–H groups in total. The Balaban J connectivity index is 1.85. The van der Waals surface area contributed by atoms with Gasteiger partial charge in [0.2, 0.25) is 0 Å². The molecule has 0 saturated carbocycles. The third kappa shape index (κ3) is 2.58. The second-order valence-corrected chi connectivity index (χ2v) is 4.63. The SMILES string of the molecule is COC(=O)c1ccncc1NCc1cccc2cc[nH]c12. The van der Waals surface area contributed by atoms with Crippen molar-refractivity contribution in [1.82, 2.24) is 9.97 Å². The number of benzene rings is 1. The van der Waals surface area contributed by atoms with Gasteiger partial charge in [0.1, 0.15) is 0 Å². The van der Waals surface area contributed by atoms with Crippen molar-refractivity contribution >= 4 is 22.6 Å². The Hall–Kier alpha value is -2.82. The molecule has 0 aliphatic carbocycles. The molecule has 106 valence electrons. The molecule has 0 spiro atoms. The molecule has 0 unspecified atom stereocenters. The molecule has 3 rings (SSSR count). The molecule has 21 heavy (non-hydrogen) atoms. The van der Waals surface area contributed by atoms with E-state index in [4.69, 9.17) is 4.74 Å². The Morgan fingerprint density at radius 2 is 2.24 bits per heavy atom. The van der Waals surface area contributed by atoms with E-state index in [1.54, 1.807) is 18.5 Å². The van der Waals surface area contributed by atoms with E-state index in [1.165, 1.54) is 7.11 Å². The maximum Gasteiger partial charge on any atom is 0.340 e. The van der Waals surface area contributed by atoms with Gasteiger partial charge in [0.25, 0.3) is 0 Å². The van der Waals surface area contributed by atoms with Gasteiger partial charge in [-0.1, -0.05) is 18.2 Å². The lowest BCUT2D eigenvalue weighted by Gasteiger charge is -2.10. The molecule has 5 heteroatoms. The van der Waals surface area contributed by atoms with Gasteiger partial charge in [-0.3, -0.25) is 4.98 Å². The molecule has 0 bridgehead atoms. The topological polar surface area (TPSA) is 67.0 Å². The van der Waals surface area contributed by atoms with Crippen LogP contribution in [0.1, 0.15) is 15.9 Å². The van der Waals surface area contributed by atoms with Gasteiger partial charge in [-0.15, -0.1) is 0 Å².